The van der Waals surface area contributed by atoms with Crippen LogP contribution in [0.25, 0.3) is 11.3 Å². The quantitative estimate of drug-likeness (QED) is 0.393. The van der Waals surface area contributed by atoms with Gasteiger partial charge < -0.3 is 21.1 Å². The maximum atomic E-state index is 13.2. The molecule has 35 heavy (non-hydrogen) atoms. The molecule has 8 nitrogen and oxygen atoms in total. The van der Waals surface area contributed by atoms with Crippen LogP contribution in [-0.2, 0) is 11.2 Å². The standard InChI is InChI=1S/C27H29N5O3/c28-14-18-6-8-19(9-7-18)26(33)32-23(12-17-4-2-1-3-5-17)25-30-16-24(31-25)20-10-11-21(15-29)22(13-20)27(34)35/h1-5,10-11,13,16,18-19,23H,6-9,12,14,28H2,(H,30,31)(H,32,33)(H,34,35)/t18?,19?,23-/m0/s1. The molecule has 2 aromatic carbocycles. The van der Waals surface area contributed by atoms with Crippen molar-refractivity contribution in [2.75, 3.05) is 6.54 Å². The Morgan fingerprint density at radius 1 is 1.17 bits per heavy atom. The molecule has 1 aliphatic rings. The molecular formula is C27H29N5O3. The average molecular weight is 472 g/mol. The van der Waals surface area contributed by atoms with Gasteiger partial charge in [0.1, 0.15) is 11.9 Å². The Morgan fingerprint density at radius 2 is 1.91 bits per heavy atom. The van der Waals surface area contributed by atoms with Gasteiger partial charge in [-0.2, -0.15) is 5.26 Å². The van der Waals surface area contributed by atoms with Crippen LogP contribution in [0, 0.1) is 23.2 Å². The van der Waals surface area contributed by atoms with Crippen molar-refractivity contribution in [2.45, 2.75) is 38.1 Å². The van der Waals surface area contributed by atoms with Crippen LogP contribution in [0.4, 0.5) is 0 Å². The summed E-state index contributed by atoms with van der Waals surface area (Å²) in [5.74, 6) is -0.102. The predicted molar refractivity (Wildman–Crippen MR) is 131 cm³/mol. The molecule has 0 spiro atoms. The summed E-state index contributed by atoms with van der Waals surface area (Å²) in [5.41, 5.74) is 8.00. The Labute approximate surface area is 204 Å². The van der Waals surface area contributed by atoms with Crippen molar-refractivity contribution in [1.29, 1.82) is 5.26 Å². The van der Waals surface area contributed by atoms with E-state index in [1.54, 1.807) is 12.3 Å². The molecule has 180 valence electrons. The fraction of sp³-hybridized carbons (Fsp3) is 0.333. The van der Waals surface area contributed by atoms with Crippen LogP contribution in [0.5, 0.6) is 0 Å². The van der Waals surface area contributed by atoms with Crippen LogP contribution in [0.3, 0.4) is 0 Å². The number of aromatic carboxylic acids is 1. The maximum Gasteiger partial charge on any atom is 0.337 e. The number of carbonyl (C=O) groups is 2. The number of aromatic nitrogens is 2. The molecule has 1 saturated carbocycles. The summed E-state index contributed by atoms with van der Waals surface area (Å²) in [7, 11) is 0. The number of aromatic amines is 1. The third kappa shape index (κ3) is 5.76. The molecule has 1 aliphatic carbocycles. The number of hydrogen-bond donors (Lipinski definition) is 4. The van der Waals surface area contributed by atoms with Gasteiger partial charge >= 0.3 is 5.97 Å². The number of nitrogens with one attached hydrogen (secondary N) is 2. The molecule has 1 amide bonds. The first kappa shape index (κ1) is 24.2. The first-order chi connectivity index (χ1) is 17.0. The Hall–Kier alpha value is -3.96. The zero-order chi connectivity index (χ0) is 24.8. The van der Waals surface area contributed by atoms with E-state index in [1.807, 2.05) is 36.4 Å². The van der Waals surface area contributed by atoms with E-state index in [0.29, 0.717) is 36.0 Å². The lowest BCUT2D eigenvalue weighted by Gasteiger charge is -2.28. The van der Waals surface area contributed by atoms with Gasteiger partial charge in [-0.05, 0) is 62.3 Å². The Balaban J connectivity index is 1.58. The highest BCUT2D eigenvalue weighted by Crippen LogP contribution is 2.29. The van der Waals surface area contributed by atoms with Crippen LogP contribution in [0.1, 0.15) is 59.0 Å². The Kier molecular flexibility index (Phi) is 7.58. The summed E-state index contributed by atoms with van der Waals surface area (Å²) in [6.07, 6.45) is 5.85. The van der Waals surface area contributed by atoms with Crippen LogP contribution in [-0.4, -0.2) is 33.5 Å². The number of amides is 1. The molecule has 1 aromatic heterocycles. The summed E-state index contributed by atoms with van der Waals surface area (Å²) in [6.45, 7) is 0.666. The van der Waals surface area contributed by atoms with E-state index >= 15 is 0 Å². The number of nitrogens with two attached hydrogens (primary N) is 1. The number of hydrogen-bond acceptors (Lipinski definition) is 5. The number of rotatable bonds is 8. The number of carboxylic acid groups (broad SMARTS) is 1. The fourth-order valence-electron chi connectivity index (χ4n) is 4.66. The van der Waals surface area contributed by atoms with Crippen molar-refractivity contribution in [1.82, 2.24) is 15.3 Å². The van der Waals surface area contributed by atoms with Gasteiger partial charge in [-0.1, -0.05) is 36.4 Å². The second-order valence-corrected chi connectivity index (χ2v) is 9.05. The Bertz CT molecular complexity index is 1220. The van der Waals surface area contributed by atoms with Crippen LogP contribution >= 0.6 is 0 Å². The number of carboxylic acids is 1. The number of benzene rings is 2. The summed E-state index contributed by atoms with van der Waals surface area (Å²) in [6, 6.07) is 16.0. The lowest BCUT2D eigenvalue weighted by atomic mass is 9.81. The minimum atomic E-state index is -1.17. The van der Waals surface area contributed by atoms with Gasteiger partial charge in [-0.15, -0.1) is 0 Å². The highest BCUT2D eigenvalue weighted by Gasteiger charge is 2.28. The van der Waals surface area contributed by atoms with Gasteiger partial charge in [0, 0.05) is 17.7 Å². The van der Waals surface area contributed by atoms with Gasteiger partial charge in [0.05, 0.1) is 22.9 Å². The van der Waals surface area contributed by atoms with Crippen molar-refractivity contribution < 1.29 is 14.7 Å². The van der Waals surface area contributed by atoms with Crippen LogP contribution in [0.15, 0.2) is 54.7 Å². The summed E-state index contributed by atoms with van der Waals surface area (Å²) < 4.78 is 0. The largest absolute Gasteiger partial charge is 0.478 e. The molecule has 0 radical (unpaired) electrons. The van der Waals surface area contributed by atoms with Gasteiger partial charge in [0.2, 0.25) is 5.91 Å². The first-order valence-electron chi connectivity index (χ1n) is 11.9. The number of nitrogens with zero attached hydrogens (tertiary/aromatic N) is 2. The van der Waals surface area contributed by atoms with E-state index in [4.69, 9.17) is 10.7 Å². The Morgan fingerprint density at radius 3 is 2.57 bits per heavy atom. The highest BCUT2D eigenvalue weighted by molar-refractivity contribution is 5.92. The van der Waals surface area contributed by atoms with Crippen molar-refractivity contribution in [3.05, 3.63) is 77.2 Å². The van der Waals surface area contributed by atoms with Crippen molar-refractivity contribution in [3.63, 3.8) is 0 Å². The molecule has 1 atom stereocenters. The maximum absolute atomic E-state index is 13.2. The molecule has 1 fully saturated rings. The number of nitriles is 1. The van der Waals surface area contributed by atoms with Crippen molar-refractivity contribution >= 4 is 11.9 Å². The fourth-order valence-corrected chi connectivity index (χ4v) is 4.66. The van der Waals surface area contributed by atoms with E-state index in [2.05, 4.69) is 10.3 Å². The number of carbonyl (C=O) groups excluding carboxylic acids is 1. The van der Waals surface area contributed by atoms with Gasteiger partial charge in [0.25, 0.3) is 0 Å². The zero-order valence-corrected chi connectivity index (χ0v) is 19.4. The minimum Gasteiger partial charge on any atom is -0.478 e. The molecule has 0 bridgehead atoms. The van der Waals surface area contributed by atoms with Crippen LogP contribution in [0.2, 0.25) is 0 Å². The monoisotopic (exact) mass is 471 g/mol. The van der Waals surface area contributed by atoms with E-state index in [-0.39, 0.29) is 29.0 Å². The molecule has 0 aliphatic heterocycles. The predicted octanol–water partition coefficient (Wildman–Crippen LogP) is 3.81. The molecule has 5 N–H and O–H groups in total. The molecule has 0 unspecified atom stereocenters. The molecule has 8 heteroatoms. The highest BCUT2D eigenvalue weighted by atomic mass is 16.4. The molecule has 0 saturated heterocycles. The minimum absolute atomic E-state index is 0.0193. The second-order valence-electron chi connectivity index (χ2n) is 9.05. The molecule has 3 aromatic rings. The summed E-state index contributed by atoms with van der Waals surface area (Å²) >= 11 is 0. The molecular weight excluding hydrogens is 442 g/mol. The van der Waals surface area contributed by atoms with Crippen molar-refractivity contribution in [3.8, 4) is 17.3 Å². The number of H-pyrrole nitrogens is 1. The lowest BCUT2D eigenvalue weighted by molar-refractivity contribution is -0.127. The van der Waals surface area contributed by atoms with Gasteiger partial charge in [-0.25, -0.2) is 9.78 Å². The smallest absolute Gasteiger partial charge is 0.337 e. The molecule has 4 rings (SSSR count). The normalized spacial score (nSPS) is 18.4. The SMILES string of the molecule is N#Cc1ccc(-c2c[nH]c([C@H](Cc3ccccc3)NC(=O)C3CCC(CN)CC3)n2)cc1C(=O)O. The van der Waals surface area contributed by atoms with E-state index in [0.717, 1.165) is 31.2 Å². The van der Waals surface area contributed by atoms with Gasteiger partial charge in [0.15, 0.2) is 0 Å². The second kappa shape index (κ2) is 11.0. The number of imidazole rings is 1. The summed E-state index contributed by atoms with van der Waals surface area (Å²) in [5, 5.41) is 21.8. The first-order valence-corrected chi connectivity index (χ1v) is 11.9. The average Bonchev–Trinajstić information content (AvgIpc) is 3.39. The third-order valence-corrected chi connectivity index (χ3v) is 6.74. The van der Waals surface area contributed by atoms with E-state index < -0.39 is 5.97 Å². The lowest BCUT2D eigenvalue weighted by Crippen LogP contribution is -2.37. The van der Waals surface area contributed by atoms with Crippen molar-refractivity contribution in [2.24, 2.45) is 17.6 Å². The topological polar surface area (TPSA) is 145 Å². The molecule has 1 heterocycles. The third-order valence-electron chi connectivity index (χ3n) is 6.74. The van der Waals surface area contributed by atoms with E-state index in [1.165, 1.54) is 12.1 Å². The summed E-state index contributed by atoms with van der Waals surface area (Å²) in [4.78, 5) is 32.6. The van der Waals surface area contributed by atoms with Crippen LogP contribution < -0.4 is 11.1 Å². The van der Waals surface area contributed by atoms with Gasteiger partial charge in [-0.3, -0.25) is 4.79 Å². The van der Waals surface area contributed by atoms with E-state index in [9.17, 15) is 20.0 Å². The zero-order valence-electron chi connectivity index (χ0n) is 19.4.